The summed E-state index contributed by atoms with van der Waals surface area (Å²) in [7, 11) is 0. The molecule has 0 bridgehead atoms. The molecule has 3 rings (SSSR count). The van der Waals surface area contributed by atoms with Gasteiger partial charge in [0.1, 0.15) is 22.7 Å². The van der Waals surface area contributed by atoms with Crippen molar-refractivity contribution in [1.29, 1.82) is 0 Å². The highest BCUT2D eigenvalue weighted by Gasteiger charge is 2.12. The van der Waals surface area contributed by atoms with Crippen LogP contribution in [0.4, 0.5) is 5.82 Å². The van der Waals surface area contributed by atoms with Gasteiger partial charge in [-0.05, 0) is 25.5 Å². The van der Waals surface area contributed by atoms with Crippen LogP contribution < -0.4 is 5.32 Å². The van der Waals surface area contributed by atoms with Gasteiger partial charge in [0.2, 0.25) is 0 Å². The summed E-state index contributed by atoms with van der Waals surface area (Å²) in [4.78, 5) is 19.6. The number of aryl methyl sites for hydroxylation is 1. The topological polar surface area (TPSA) is 63.6 Å². The summed E-state index contributed by atoms with van der Waals surface area (Å²) in [5, 5.41) is 4.46. The number of rotatable bonds is 4. The first-order valence-corrected chi connectivity index (χ1v) is 7.38. The average Bonchev–Trinajstić information content (AvgIpc) is 2.86. The predicted molar refractivity (Wildman–Crippen MR) is 82.0 cm³/mol. The van der Waals surface area contributed by atoms with Gasteiger partial charge in [0.25, 0.3) is 0 Å². The Morgan fingerprint density at radius 1 is 1.30 bits per heavy atom. The minimum Gasteiger partial charge on any atom is -0.369 e. The number of fused-ring (bicyclic) bond motifs is 1. The predicted octanol–water partition coefficient (Wildman–Crippen LogP) is 3.28. The second-order valence-electron chi connectivity index (χ2n) is 4.49. The second kappa shape index (κ2) is 5.50. The molecule has 0 aliphatic carbocycles. The number of thiophene rings is 1. The molecule has 0 saturated heterocycles. The summed E-state index contributed by atoms with van der Waals surface area (Å²) < 4.78 is 0. The Hall–Kier alpha value is -2.08. The fourth-order valence-electron chi connectivity index (χ4n) is 1.96. The standard InChI is InChI=1S/C14H15N5S/c1-3-5-16-12-10-7-9(2)20-14(10)19-13(18-12)11-4-6-15-8-17-11/h4,6-8H,3,5H2,1-2H3,(H,16,18,19). The molecule has 0 amide bonds. The second-order valence-corrected chi connectivity index (χ2v) is 5.73. The fraction of sp³-hybridized carbons (Fsp3) is 0.286. The smallest absolute Gasteiger partial charge is 0.181 e. The maximum Gasteiger partial charge on any atom is 0.181 e. The summed E-state index contributed by atoms with van der Waals surface area (Å²) in [6.07, 6.45) is 4.27. The monoisotopic (exact) mass is 285 g/mol. The van der Waals surface area contributed by atoms with Gasteiger partial charge in [0, 0.05) is 17.6 Å². The highest BCUT2D eigenvalue weighted by molar-refractivity contribution is 7.18. The van der Waals surface area contributed by atoms with Crippen molar-refractivity contribution >= 4 is 27.4 Å². The molecular formula is C14H15N5S. The van der Waals surface area contributed by atoms with Crippen LogP contribution in [0, 0.1) is 6.92 Å². The molecule has 1 N–H and O–H groups in total. The number of hydrogen-bond donors (Lipinski definition) is 1. The highest BCUT2D eigenvalue weighted by atomic mass is 32.1. The van der Waals surface area contributed by atoms with Crippen LogP contribution in [0.15, 0.2) is 24.7 Å². The van der Waals surface area contributed by atoms with E-state index in [1.807, 2.05) is 6.07 Å². The van der Waals surface area contributed by atoms with Crippen LogP contribution >= 0.6 is 11.3 Å². The van der Waals surface area contributed by atoms with Crippen molar-refractivity contribution in [3.8, 4) is 11.5 Å². The van der Waals surface area contributed by atoms with Crippen molar-refractivity contribution in [3.05, 3.63) is 29.5 Å². The first kappa shape index (κ1) is 12.9. The van der Waals surface area contributed by atoms with E-state index in [9.17, 15) is 0 Å². The summed E-state index contributed by atoms with van der Waals surface area (Å²) in [6.45, 7) is 5.11. The number of nitrogens with one attached hydrogen (secondary N) is 1. The van der Waals surface area contributed by atoms with Crippen molar-refractivity contribution in [2.45, 2.75) is 20.3 Å². The van der Waals surface area contributed by atoms with Crippen LogP contribution in [-0.2, 0) is 0 Å². The van der Waals surface area contributed by atoms with E-state index in [1.54, 1.807) is 17.5 Å². The summed E-state index contributed by atoms with van der Waals surface area (Å²) in [6, 6.07) is 3.95. The molecule has 102 valence electrons. The van der Waals surface area contributed by atoms with Gasteiger partial charge < -0.3 is 5.32 Å². The van der Waals surface area contributed by atoms with Crippen LogP contribution in [-0.4, -0.2) is 26.5 Å². The molecule has 0 aliphatic heterocycles. The van der Waals surface area contributed by atoms with Crippen LogP contribution in [0.5, 0.6) is 0 Å². The molecule has 0 unspecified atom stereocenters. The highest BCUT2D eigenvalue weighted by Crippen LogP contribution is 2.30. The SMILES string of the molecule is CCCNc1nc(-c2ccncn2)nc2sc(C)cc12. The van der Waals surface area contributed by atoms with E-state index < -0.39 is 0 Å². The van der Waals surface area contributed by atoms with Gasteiger partial charge in [-0.1, -0.05) is 6.92 Å². The third-order valence-corrected chi connectivity index (χ3v) is 3.81. The Morgan fingerprint density at radius 3 is 2.95 bits per heavy atom. The lowest BCUT2D eigenvalue weighted by Crippen LogP contribution is -2.04. The molecule has 0 radical (unpaired) electrons. The zero-order chi connectivity index (χ0) is 13.9. The van der Waals surface area contributed by atoms with Crippen molar-refractivity contribution < 1.29 is 0 Å². The average molecular weight is 285 g/mol. The Labute approximate surface area is 121 Å². The number of hydrogen-bond acceptors (Lipinski definition) is 6. The number of anilines is 1. The van der Waals surface area contributed by atoms with Gasteiger partial charge in [-0.3, -0.25) is 0 Å². The van der Waals surface area contributed by atoms with Gasteiger partial charge >= 0.3 is 0 Å². The maximum atomic E-state index is 4.62. The number of nitrogens with zero attached hydrogens (tertiary/aromatic N) is 4. The molecule has 3 aromatic rings. The summed E-state index contributed by atoms with van der Waals surface area (Å²) >= 11 is 1.67. The van der Waals surface area contributed by atoms with Crippen LogP contribution in [0.3, 0.4) is 0 Å². The van der Waals surface area contributed by atoms with E-state index in [1.165, 1.54) is 11.2 Å². The van der Waals surface area contributed by atoms with Gasteiger partial charge in [-0.15, -0.1) is 11.3 Å². The lowest BCUT2D eigenvalue weighted by Gasteiger charge is -2.07. The largest absolute Gasteiger partial charge is 0.369 e. The molecule has 0 spiro atoms. The third-order valence-electron chi connectivity index (χ3n) is 2.87. The van der Waals surface area contributed by atoms with Gasteiger partial charge in [-0.2, -0.15) is 0 Å². The zero-order valence-electron chi connectivity index (χ0n) is 11.4. The molecule has 6 heteroatoms. The lowest BCUT2D eigenvalue weighted by atomic mass is 10.3. The van der Waals surface area contributed by atoms with E-state index in [2.05, 4.69) is 45.2 Å². The Bertz CT molecular complexity index is 723. The van der Waals surface area contributed by atoms with E-state index in [4.69, 9.17) is 0 Å². The molecule has 0 fully saturated rings. The summed E-state index contributed by atoms with van der Waals surface area (Å²) in [5.74, 6) is 1.52. The molecule has 20 heavy (non-hydrogen) atoms. The molecular weight excluding hydrogens is 270 g/mol. The molecule has 0 atom stereocenters. The van der Waals surface area contributed by atoms with Gasteiger partial charge in [0.15, 0.2) is 5.82 Å². The number of aromatic nitrogens is 4. The van der Waals surface area contributed by atoms with Crippen LogP contribution in [0.25, 0.3) is 21.7 Å². The van der Waals surface area contributed by atoms with Crippen molar-refractivity contribution in [2.75, 3.05) is 11.9 Å². The van der Waals surface area contributed by atoms with E-state index in [-0.39, 0.29) is 0 Å². The Balaban J connectivity index is 2.14. The van der Waals surface area contributed by atoms with Crippen molar-refractivity contribution in [1.82, 2.24) is 19.9 Å². The fourth-order valence-corrected chi connectivity index (χ4v) is 2.84. The minimum atomic E-state index is 0.639. The third kappa shape index (κ3) is 2.46. The molecule has 0 saturated carbocycles. The molecule has 3 aromatic heterocycles. The van der Waals surface area contributed by atoms with Gasteiger partial charge in [-0.25, -0.2) is 19.9 Å². The quantitative estimate of drug-likeness (QED) is 0.797. The Kier molecular flexibility index (Phi) is 3.56. The lowest BCUT2D eigenvalue weighted by molar-refractivity contribution is 0.970. The minimum absolute atomic E-state index is 0.639. The van der Waals surface area contributed by atoms with Crippen molar-refractivity contribution in [3.63, 3.8) is 0 Å². The normalized spacial score (nSPS) is 10.9. The first-order valence-electron chi connectivity index (χ1n) is 6.56. The van der Waals surface area contributed by atoms with Gasteiger partial charge in [0.05, 0.1) is 5.39 Å². The van der Waals surface area contributed by atoms with Crippen molar-refractivity contribution in [2.24, 2.45) is 0 Å². The maximum absolute atomic E-state index is 4.62. The van der Waals surface area contributed by atoms with Crippen LogP contribution in [0.2, 0.25) is 0 Å². The molecule has 0 aromatic carbocycles. The molecule has 3 heterocycles. The first-order chi connectivity index (χ1) is 9.78. The van der Waals surface area contributed by atoms with E-state index >= 15 is 0 Å². The zero-order valence-corrected chi connectivity index (χ0v) is 12.2. The van der Waals surface area contributed by atoms with Crippen LogP contribution in [0.1, 0.15) is 18.2 Å². The van der Waals surface area contributed by atoms with E-state index in [0.29, 0.717) is 5.82 Å². The Morgan fingerprint density at radius 2 is 2.20 bits per heavy atom. The summed E-state index contributed by atoms with van der Waals surface area (Å²) in [5.41, 5.74) is 0.743. The molecule has 0 aliphatic rings. The molecule has 5 nitrogen and oxygen atoms in total. The van der Waals surface area contributed by atoms with E-state index in [0.717, 1.165) is 34.7 Å².